The second-order valence-electron chi connectivity index (χ2n) is 11.5. The first kappa shape index (κ1) is 32.6. The SMILES string of the molecule is CC(=O)N1CC[C@H]2CC[C@@H](C(=O)Nc3ccc4nccnc4c3)N2C(=O)[C@@H](NC(=O)c2cc3cc(C(F)(F)P(=O)(O)O)ccc3s2)C1. The van der Waals surface area contributed by atoms with Crippen molar-refractivity contribution in [3.05, 3.63) is 65.3 Å². The van der Waals surface area contributed by atoms with Gasteiger partial charge < -0.3 is 30.2 Å². The molecule has 0 unspecified atom stereocenters. The second kappa shape index (κ2) is 12.3. The average molecular weight is 687 g/mol. The van der Waals surface area contributed by atoms with E-state index in [1.54, 1.807) is 24.4 Å². The van der Waals surface area contributed by atoms with Crippen molar-refractivity contribution in [2.45, 2.75) is 50.0 Å². The molecule has 4 aromatic rings. The fraction of sp³-hybridized carbons (Fsp3) is 0.333. The number of rotatable bonds is 6. The maximum absolute atomic E-state index is 14.3. The predicted molar refractivity (Wildman–Crippen MR) is 168 cm³/mol. The first-order valence-corrected chi connectivity index (χ1v) is 17.0. The number of fused-ring (bicyclic) bond motifs is 3. The van der Waals surface area contributed by atoms with Gasteiger partial charge in [-0.1, -0.05) is 6.07 Å². The quantitative estimate of drug-likeness (QED) is 0.221. The highest BCUT2D eigenvalue weighted by atomic mass is 32.1. The Morgan fingerprint density at radius 2 is 1.77 bits per heavy atom. The van der Waals surface area contributed by atoms with E-state index < -0.39 is 48.6 Å². The van der Waals surface area contributed by atoms with Crippen LogP contribution >= 0.6 is 18.9 Å². The Labute approximate surface area is 270 Å². The molecule has 0 saturated carbocycles. The molecule has 0 spiro atoms. The second-order valence-corrected chi connectivity index (χ2v) is 14.2. The molecule has 2 aromatic heterocycles. The fourth-order valence-corrected chi connectivity index (χ4v) is 7.45. The van der Waals surface area contributed by atoms with Gasteiger partial charge in [-0.15, -0.1) is 11.3 Å². The smallest absolute Gasteiger partial charge is 0.340 e. The molecule has 4 heterocycles. The molecule has 0 bridgehead atoms. The van der Waals surface area contributed by atoms with Crippen molar-refractivity contribution in [2.24, 2.45) is 0 Å². The van der Waals surface area contributed by atoms with E-state index in [-0.39, 0.29) is 28.8 Å². The van der Waals surface area contributed by atoms with Crippen molar-refractivity contribution in [1.82, 2.24) is 25.1 Å². The van der Waals surface area contributed by atoms with E-state index in [1.165, 1.54) is 35.1 Å². The van der Waals surface area contributed by atoms with Gasteiger partial charge in [0.1, 0.15) is 12.1 Å². The number of benzene rings is 2. The van der Waals surface area contributed by atoms with Crippen LogP contribution in [-0.2, 0) is 24.6 Å². The van der Waals surface area contributed by atoms with Crippen LogP contribution in [0.4, 0.5) is 14.5 Å². The van der Waals surface area contributed by atoms with Gasteiger partial charge in [0, 0.05) is 54.4 Å². The molecule has 0 radical (unpaired) electrons. The molecule has 2 aliphatic heterocycles. The molecular weight excluding hydrogens is 657 g/mol. The summed E-state index contributed by atoms with van der Waals surface area (Å²) in [4.78, 5) is 83.2. The third-order valence-corrected chi connectivity index (χ3v) is 10.5. The number of aromatic nitrogens is 2. The number of hydrogen-bond acceptors (Lipinski definition) is 8. The summed E-state index contributed by atoms with van der Waals surface area (Å²) in [7, 11) is -5.80. The van der Waals surface area contributed by atoms with Crippen molar-refractivity contribution < 1.29 is 42.3 Å². The van der Waals surface area contributed by atoms with E-state index in [1.807, 2.05) is 0 Å². The van der Waals surface area contributed by atoms with Crippen molar-refractivity contribution in [3.8, 4) is 0 Å². The van der Waals surface area contributed by atoms with Gasteiger partial charge in [0.15, 0.2) is 0 Å². The molecule has 2 fully saturated rings. The highest BCUT2D eigenvalue weighted by Crippen LogP contribution is 2.59. The van der Waals surface area contributed by atoms with Gasteiger partial charge in [0.25, 0.3) is 5.91 Å². The van der Waals surface area contributed by atoms with Crippen LogP contribution in [0.3, 0.4) is 0 Å². The normalized spacial score (nSPS) is 20.5. The lowest BCUT2D eigenvalue weighted by Crippen LogP contribution is -2.60. The van der Waals surface area contributed by atoms with Gasteiger partial charge in [-0.2, -0.15) is 8.78 Å². The van der Waals surface area contributed by atoms with E-state index in [4.69, 9.17) is 9.79 Å². The molecule has 2 aliphatic rings. The molecule has 17 heteroatoms. The lowest BCUT2D eigenvalue weighted by atomic mass is 10.1. The first-order chi connectivity index (χ1) is 22.2. The minimum Gasteiger partial charge on any atom is -0.340 e. The van der Waals surface area contributed by atoms with Gasteiger partial charge in [-0.25, -0.2) is 0 Å². The Morgan fingerprint density at radius 3 is 2.49 bits per heavy atom. The standard InChI is InChI=1S/C30H29F2N6O7PS/c1-16(39)37-11-8-20-4-6-24(27(40)35-19-3-5-21-22(14-19)34-10-9-33-21)38(20)29(42)23(15-37)36-28(41)26-13-17-12-18(2-7-25(17)47-26)30(31,32)46(43,44)45/h2-3,5,7,9-10,12-14,20,23-24H,4,6,8,11,15H2,1H3,(H,35,40)(H,36,41)(H2,43,44,45)/t20-,23+,24+/m1/s1. The fourth-order valence-electron chi connectivity index (χ4n) is 6.03. The Morgan fingerprint density at radius 1 is 1.02 bits per heavy atom. The largest absolute Gasteiger partial charge is 0.399 e. The molecule has 2 aromatic carbocycles. The zero-order valence-electron chi connectivity index (χ0n) is 24.8. The number of hydrogen-bond donors (Lipinski definition) is 4. The minimum absolute atomic E-state index is 0.0487. The Balaban J connectivity index is 1.24. The summed E-state index contributed by atoms with van der Waals surface area (Å²) < 4.78 is 40.4. The summed E-state index contributed by atoms with van der Waals surface area (Å²) in [5.41, 5.74) is -3.62. The first-order valence-electron chi connectivity index (χ1n) is 14.6. The van der Waals surface area contributed by atoms with E-state index >= 15 is 0 Å². The molecule has 6 rings (SSSR count). The molecule has 47 heavy (non-hydrogen) atoms. The highest BCUT2D eigenvalue weighted by molar-refractivity contribution is 7.52. The van der Waals surface area contributed by atoms with Gasteiger partial charge in [-0.3, -0.25) is 33.7 Å². The van der Waals surface area contributed by atoms with Crippen LogP contribution < -0.4 is 10.6 Å². The molecule has 4 N–H and O–H groups in total. The van der Waals surface area contributed by atoms with Crippen LogP contribution in [0.15, 0.2) is 54.9 Å². The number of carbonyl (C=O) groups is 4. The summed E-state index contributed by atoms with van der Waals surface area (Å²) in [6.45, 7) is 1.51. The van der Waals surface area contributed by atoms with E-state index in [0.717, 1.165) is 23.5 Å². The Hall–Kier alpha value is -4.37. The predicted octanol–water partition coefficient (Wildman–Crippen LogP) is 3.42. The van der Waals surface area contributed by atoms with Crippen molar-refractivity contribution in [1.29, 1.82) is 0 Å². The molecule has 4 amide bonds. The number of alkyl halides is 2. The Kier molecular flexibility index (Phi) is 8.55. The number of nitrogens with zero attached hydrogens (tertiary/aromatic N) is 4. The summed E-state index contributed by atoms with van der Waals surface area (Å²) in [6, 6.07) is 6.96. The summed E-state index contributed by atoms with van der Waals surface area (Å²) in [5.74, 6) is -1.96. The molecule has 246 valence electrons. The molecule has 2 saturated heterocycles. The van der Waals surface area contributed by atoms with Crippen LogP contribution in [0.25, 0.3) is 21.1 Å². The van der Waals surface area contributed by atoms with Crippen LogP contribution in [0, 0.1) is 0 Å². The van der Waals surface area contributed by atoms with Crippen LogP contribution in [0.2, 0.25) is 0 Å². The summed E-state index contributed by atoms with van der Waals surface area (Å²) in [6.07, 6.45) is 4.42. The molecule has 13 nitrogen and oxygen atoms in total. The molecule has 0 aliphatic carbocycles. The number of halogens is 2. The Bertz CT molecular complexity index is 1970. The topological polar surface area (TPSA) is 182 Å². The third-order valence-electron chi connectivity index (χ3n) is 8.43. The average Bonchev–Trinajstić information content (AvgIpc) is 3.64. The maximum Gasteiger partial charge on any atom is 0.399 e. The molecule has 3 atom stereocenters. The zero-order chi connectivity index (χ0) is 33.7. The molecular formula is C30H29F2N6O7PS. The van der Waals surface area contributed by atoms with Crippen LogP contribution in [0.5, 0.6) is 0 Å². The van der Waals surface area contributed by atoms with Crippen LogP contribution in [-0.4, -0.2) is 84.4 Å². The van der Waals surface area contributed by atoms with Gasteiger partial charge >= 0.3 is 13.3 Å². The van der Waals surface area contributed by atoms with Gasteiger partial charge in [0.05, 0.1) is 15.9 Å². The zero-order valence-corrected chi connectivity index (χ0v) is 26.5. The van der Waals surface area contributed by atoms with Crippen LogP contribution in [0.1, 0.15) is 41.4 Å². The lowest BCUT2D eigenvalue weighted by molar-refractivity contribution is -0.143. The number of carbonyl (C=O) groups excluding carboxylic acids is 4. The minimum atomic E-state index is -5.80. The maximum atomic E-state index is 14.3. The van der Waals surface area contributed by atoms with E-state index in [0.29, 0.717) is 47.2 Å². The van der Waals surface area contributed by atoms with Gasteiger partial charge in [-0.05, 0) is 61.0 Å². The number of nitrogens with one attached hydrogen (secondary N) is 2. The van der Waals surface area contributed by atoms with Crippen molar-refractivity contribution >= 4 is 69.4 Å². The number of amides is 4. The number of anilines is 1. The highest BCUT2D eigenvalue weighted by Gasteiger charge is 2.50. The lowest BCUT2D eigenvalue weighted by Gasteiger charge is -2.38. The van der Waals surface area contributed by atoms with Crippen molar-refractivity contribution in [3.63, 3.8) is 0 Å². The number of thiophene rings is 1. The monoisotopic (exact) mass is 686 g/mol. The third kappa shape index (κ3) is 6.33. The van der Waals surface area contributed by atoms with E-state index in [2.05, 4.69) is 20.6 Å². The van der Waals surface area contributed by atoms with Gasteiger partial charge in [0.2, 0.25) is 17.7 Å². The van der Waals surface area contributed by atoms with Crippen molar-refractivity contribution in [2.75, 3.05) is 18.4 Å². The summed E-state index contributed by atoms with van der Waals surface area (Å²) in [5, 5.41) is 5.69. The summed E-state index contributed by atoms with van der Waals surface area (Å²) >= 11 is 0.935. The van der Waals surface area contributed by atoms with E-state index in [9.17, 15) is 32.5 Å².